The third kappa shape index (κ3) is 3.95. The van der Waals surface area contributed by atoms with Crippen molar-refractivity contribution in [3.05, 3.63) is 82.0 Å². The fourth-order valence-electron chi connectivity index (χ4n) is 3.45. The van der Waals surface area contributed by atoms with Crippen LogP contribution in [0.25, 0.3) is 0 Å². The van der Waals surface area contributed by atoms with Crippen LogP contribution in [0.1, 0.15) is 30.5 Å². The highest BCUT2D eigenvalue weighted by atomic mass is 35.5. The molecular formula is C22H19ClN2O3S. The summed E-state index contributed by atoms with van der Waals surface area (Å²) >= 11 is 7.98. The Balaban J connectivity index is 1.73. The van der Waals surface area contributed by atoms with Gasteiger partial charge in [0.1, 0.15) is 6.61 Å². The molecule has 4 rings (SSSR count). The lowest BCUT2D eigenvalue weighted by Gasteiger charge is -2.39. The fraction of sp³-hybridized carbons (Fsp3) is 0.227. The second kappa shape index (κ2) is 8.43. The number of aliphatic imine (C=N–C) groups is 1. The highest BCUT2D eigenvalue weighted by Crippen LogP contribution is 2.42. The predicted octanol–water partition coefficient (Wildman–Crippen LogP) is 4.73. The minimum absolute atomic E-state index is 0.0757. The lowest BCUT2D eigenvalue weighted by atomic mass is 9.94. The summed E-state index contributed by atoms with van der Waals surface area (Å²) in [4.78, 5) is 32.0. The third-order valence-electron chi connectivity index (χ3n) is 4.84. The Morgan fingerprint density at radius 3 is 2.69 bits per heavy atom. The second-order valence-corrected chi connectivity index (χ2v) is 8.21. The van der Waals surface area contributed by atoms with Crippen molar-refractivity contribution in [3.8, 4) is 0 Å². The molecular weight excluding hydrogens is 408 g/mol. The molecule has 7 heteroatoms. The van der Waals surface area contributed by atoms with Crippen LogP contribution in [0, 0.1) is 0 Å². The molecule has 1 fully saturated rings. The van der Waals surface area contributed by atoms with E-state index in [0.717, 1.165) is 5.56 Å². The number of fused-ring (bicyclic) bond motifs is 1. The molecule has 0 radical (unpaired) electrons. The first-order valence-electron chi connectivity index (χ1n) is 9.26. The van der Waals surface area contributed by atoms with Crippen LogP contribution >= 0.6 is 23.4 Å². The predicted molar refractivity (Wildman–Crippen MR) is 114 cm³/mol. The standard InChI is InChI=1S/C22H19ClN2O3S/c1-14-19(21(27)28-13-15-7-3-2-4-8-15)20(16-9-5-6-10-17(16)23)25-18(26)11-12-29-22(25)24-14/h2-10,20H,11-13H2,1H3. The average molecular weight is 427 g/mol. The molecule has 2 aliphatic heterocycles. The van der Waals surface area contributed by atoms with Crippen LogP contribution in [0.5, 0.6) is 0 Å². The molecule has 0 aliphatic carbocycles. The van der Waals surface area contributed by atoms with Crippen LogP contribution in [0.3, 0.4) is 0 Å². The van der Waals surface area contributed by atoms with E-state index in [1.807, 2.05) is 48.5 Å². The van der Waals surface area contributed by atoms with Crippen LogP contribution in [-0.4, -0.2) is 27.7 Å². The molecule has 5 nitrogen and oxygen atoms in total. The van der Waals surface area contributed by atoms with Gasteiger partial charge in [-0.2, -0.15) is 0 Å². The van der Waals surface area contributed by atoms with Crippen molar-refractivity contribution in [3.63, 3.8) is 0 Å². The molecule has 0 bridgehead atoms. The van der Waals surface area contributed by atoms with Gasteiger partial charge in [0.25, 0.3) is 0 Å². The zero-order chi connectivity index (χ0) is 20.4. The summed E-state index contributed by atoms with van der Waals surface area (Å²) in [5.74, 6) is 0.0977. The molecule has 2 aromatic carbocycles. The van der Waals surface area contributed by atoms with E-state index in [-0.39, 0.29) is 12.5 Å². The maximum absolute atomic E-state index is 13.1. The number of amidine groups is 1. The molecule has 2 heterocycles. The second-order valence-electron chi connectivity index (χ2n) is 6.74. The van der Waals surface area contributed by atoms with Crippen molar-refractivity contribution in [1.29, 1.82) is 0 Å². The maximum Gasteiger partial charge on any atom is 0.338 e. The average Bonchev–Trinajstić information content (AvgIpc) is 2.72. The molecule has 29 heavy (non-hydrogen) atoms. The SMILES string of the molecule is CC1=C(C(=O)OCc2ccccc2)C(c2ccccc2Cl)N2C(=O)CCSC2=N1. The number of hydrogen-bond acceptors (Lipinski definition) is 5. The maximum atomic E-state index is 13.1. The Bertz CT molecular complexity index is 1020. The van der Waals surface area contributed by atoms with E-state index in [1.165, 1.54) is 11.8 Å². The third-order valence-corrected chi connectivity index (χ3v) is 6.14. The van der Waals surface area contributed by atoms with Crippen LogP contribution in [-0.2, 0) is 20.9 Å². The zero-order valence-corrected chi connectivity index (χ0v) is 17.4. The summed E-state index contributed by atoms with van der Waals surface area (Å²) in [7, 11) is 0. The summed E-state index contributed by atoms with van der Waals surface area (Å²) in [5.41, 5.74) is 2.46. The normalized spacial score (nSPS) is 19.0. The quantitative estimate of drug-likeness (QED) is 0.663. The van der Waals surface area contributed by atoms with Crippen molar-refractivity contribution < 1.29 is 14.3 Å². The van der Waals surface area contributed by atoms with E-state index in [4.69, 9.17) is 16.3 Å². The summed E-state index contributed by atoms with van der Waals surface area (Å²) in [6.07, 6.45) is 0.385. The number of carbonyl (C=O) groups is 2. The summed E-state index contributed by atoms with van der Waals surface area (Å²) in [6.45, 7) is 1.91. The van der Waals surface area contributed by atoms with E-state index in [1.54, 1.807) is 17.9 Å². The van der Waals surface area contributed by atoms with Gasteiger partial charge in [0.15, 0.2) is 5.17 Å². The molecule has 1 saturated heterocycles. The molecule has 1 atom stereocenters. The Hall–Kier alpha value is -2.57. The van der Waals surface area contributed by atoms with Crippen molar-refractivity contribution >= 4 is 40.4 Å². The number of halogens is 1. The van der Waals surface area contributed by atoms with Gasteiger partial charge >= 0.3 is 5.97 Å². The van der Waals surface area contributed by atoms with Gasteiger partial charge in [0.05, 0.1) is 17.3 Å². The van der Waals surface area contributed by atoms with Gasteiger partial charge < -0.3 is 4.74 Å². The fourth-order valence-corrected chi connectivity index (χ4v) is 4.70. The van der Waals surface area contributed by atoms with Crippen LogP contribution in [0.2, 0.25) is 5.02 Å². The Labute approximate surface area is 178 Å². The van der Waals surface area contributed by atoms with Crippen LogP contribution in [0.15, 0.2) is 70.9 Å². The van der Waals surface area contributed by atoms with Gasteiger partial charge in [-0.3, -0.25) is 9.69 Å². The number of rotatable bonds is 4. The molecule has 0 aromatic heterocycles. The van der Waals surface area contributed by atoms with Gasteiger partial charge in [0.2, 0.25) is 5.91 Å². The van der Waals surface area contributed by atoms with E-state index >= 15 is 0 Å². The topological polar surface area (TPSA) is 59.0 Å². The highest BCUT2D eigenvalue weighted by Gasteiger charge is 2.42. The minimum Gasteiger partial charge on any atom is -0.457 e. The van der Waals surface area contributed by atoms with E-state index in [2.05, 4.69) is 4.99 Å². The largest absolute Gasteiger partial charge is 0.457 e. The molecule has 0 N–H and O–H groups in total. The van der Waals surface area contributed by atoms with E-state index in [9.17, 15) is 9.59 Å². The van der Waals surface area contributed by atoms with E-state index < -0.39 is 12.0 Å². The molecule has 2 aliphatic rings. The number of allylic oxidation sites excluding steroid dienone is 1. The lowest BCUT2D eigenvalue weighted by molar-refractivity contribution is -0.141. The molecule has 2 aromatic rings. The first kappa shape index (κ1) is 19.7. The van der Waals surface area contributed by atoms with Crippen molar-refractivity contribution in [2.75, 3.05) is 5.75 Å². The van der Waals surface area contributed by atoms with Crippen molar-refractivity contribution in [2.24, 2.45) is 4.99 Å². The summed E-state index contributed by atoms with van der Waals surface area (Å²) in [6, 6.07) is 16.1. The number of esters is 1. The molecule has 1 amide bonds. The summed E-state index contributed by atoms with van der Waals surface area (Å²) in [5, 5.41) is 1.09. The number of thioether (sulfide) groups is 1. The summed E-state index contributed by atoms with van der Waals surface area (Å²) < 4.78 is 5.59. The Morgan fingerprint density at radius 2 is 1.93 bits per heavy atom. The van der Waals surface area contributed by atoms with Crippen molar-refractivity contribution in [2.45, 2.75) is 26.0 Å². The number of benzene rings is 2. The first-order valence-corrected chi connectivity index (χ1v) is 10.6. The van der Waals surface area contributed by atoms with E-state index in [0.29, 0.717) is 39.2 Å². The molecule has 148 valence electrons. The smallest absolute Gasteiger partial charge is 0.338 e. The van der Waals surface area contributed by atoms with Gasteiger partial charge in [-0.1, -0.05) is 71.9 Å². The number of nitrogens with zero attached hydrogens (tertiary/aromatic N) is 2. The van der Waals surface area contributed by atoms with Crippen LogP contribution in [0.4, 0.5) is 0 Å². The Kier molecular flexibility index (Phi) is 5.74. The number of amides is 1. The van der Waals surface area contributed by atoms with Gasteiger partial charge in [-0.05, 0) is 24.1 Å². The first-order chi connectivity index (χ1) is 14.1. The number of carbonyl (C=O) groups excluding carboxylic acids is 2. The van der Waals surface area contributed by atoms with Gasteiger partial charge in [-0.25, -0.2) is 9.79 Å². The van der Waals surface area contributed by atoms with Crippen molar-refractivity contribution in [1.82, 2.24) is 4.90 Å². The van der Waals surface area contributed by atoms with Gasteiger partial charge in [0, 0.05) is 17.2 Å². The van der Waals surface area contributed by atoms with Gasteiger partial charge in [-0.15, -0.1) is 0 Å². The monoisotopic (exact) mass is 426 g/mol. The molecule has 0 spiro atoms. The van der Waals surface area contributed by atoms with Crippen LogP contribution < -0.4 is 0 Å². The Morgan fingerprint density at radius 1 is 1.21 bits per heavy atom. The zero-order valence-electron chi connectivity index (χ0n) is 15.8. The molecule has 0 saturated carbocycles. The number of hydrogen-bond donors (Lipinski definition) is 0. The minimum atomic E-state index is -0.653. The lowest BCUT2D eigenvalue weighted by Crippen LogP contribution is -2.45. The molecule has 1 unspecified atom stereocenters. The number of ether oxygens (including phenoxy) is 1. The highest BCUT2D eigenvalue weighted by molar-refractivity contribution is 8.14.